The average molecular weight is 418 g/mol. The number of aryl methyl sites for hydroxylation is 1. The summed E-state index contributed by atoms with van der Waals surface area (Å²) in [6.45, 7) is 1.75. The van der Waals surface area contributed by atoms with E-state index in [1.165, 1.54) is 6.07 Å². The molecule has 0 fully saturated rings. The Morgan fingerprint density at radius 2 is 1.71 bits per heavy atom. The third-order valence-corrected chi connectivity index (χ3v) is 4.89. The van der Waals surface area contributed by atoms with Crippen LogP contribution in [0.3, 0.4) is 0 Å². The summed E-state index contributed by atoms with van der Waals surface area (Å²) in [4.78, 5) is -0.117. The van der Waals surface area contributed by atoms with Gasteiger partial charge in [-0.25, -0.2) is 4.39 Å². The highest BCUT2D eigenvalue weighted by atomic mass is 79.9. The Morgan fingerprint density at radius 3 is 2.29 bits per heavy atom. The summed E-state index contributed by atoms with van der Waals surface area (Å²) < 4.78 is 25.0. The fourth-order valence-corrected chi connectivity index (χ4v) is 3.21. The molecule has 0 N–H and O–H groups in total. The van der Waals surface area contributed by atoms with Crippen molar-refractivity contribution in [2.75, 3.05) is 14.2 Å². The van der Waals surface area contributed by atoms with Crippen LogP contribution in [-0.2, 0) is 0 Å². The highest BCUT2D eigenvalue weighted by Crippen LogP contribution is 2.41. The summed E-state index contributed by atoms with van der Waals surface area (Å²) in [7, 11) is 3.23. The second-order valence-corrected chi connectivity index (χ2v) is 6.37. The van der Waals surface area contributed by atoms with Crippen LogP contribution in [0, 0.1) is 12.7 Å². The zero-order valence-electron chi connectivity index (χ0n) is 11.9. The summed E-state index contributed by atoms with van der Waals surface area (Å²) in [6.07, 6.45) is 0. The Bertz CT molecular complexity index is 659. The first-order valence-corrected chi connectivity index (χ1v) is 8.00. The van der Waals surface area contributed by atoms with Crippen molar-refractivity contribution in [1.82, 2.24) is 0 Å². The molecule has 0 bridgehead atoms. The van der Waals surface area contributed by atoms with Crippen LogP contribution in [-0.4, -0.2) is 14.2 Å². The minimum Gasteiger partial charge on any atom is -0.496 e. The molecule has 0 saturated heterocycles. The van der Waals surface area contributed by atoms with Crippen molar-refractivity contribution in [3.05, 3.63) is 57.3 Å². The van der Waals surface area contributed by atoms with Crippen LogP contribution in [0.15, 0.2) is 34.8 Å². The number of hydrogen-bond acceptors (Lipinski definition) is 2. The number of halogens is 3. The van der Waals surface area contributed by atoms with E-state index >= 15 is 0 Å². The highest BCUT2D eigenvalue weighted by molar-refractivity contribution is 9.10. The Kier molecular flexibility index (Phi) is 5.27. The fraction of sp³-hybridized carbons (Fsp3) is 0.250. The van der Waals surface area contributed by atoms with Gasteiger partial charge in [-0.3, -0.25) is 0 Å². The van der Waals surface area contributed by atoms with Crippen molar-refractivity contribution in [3.8, 4) is 11.5 Å². The van der Waals surface area contributed by atoms with E-state index in [2.05, 4.69) is 31.9 Å². The van der Waals surface area contributed by atoms with E-state index in [1.54, 1.807) is 27.2 Å². The molecule has 0 aliphatic carbocycles. The van der Waals surface area contributed by atoms with Gasteiger partial charge in [0.2, 0.25) is 0 Å². The zero-order valence-corrected chi connectivity index (χ0v) is 15.1. The molecule has 5 heteroatoms. The van der Waals surface area contributed by atoms with Gasteiger partial charge in [-0.15, -0.1) is 0 Å². The lowest BCUT2D eigenvalue weighted by atomic mass is 10.0. The van der Waals surface area contributed by atoms with E-state index in [-0.39, 0.29) is 10.6 Å². The molecule has 0 aliphatic rings. The molecule has 0 spiro atoms. The highest BCUT2D eigenvalue weighted by Gasteiger charge is 2.19. The lowest BCUT2D eigenvalue weighted by Crippen LogP contribution is -2.00. The molecule has 0 saturated carbocycles. The zero-order chi connectivity index (χ0) is 15.6. The lowest BCUT2D eigenvalue weighted by Gasteiger charge is -2.17. The number of alkyl halides is 1. The molecule has 21 heavy (non-hydrogen) atoms. The number of ether oxygens (including phenoxy) is 2. The first kappa shape index (κ1) is 16.3. The summed E-state index contributed by atoms with van der Waals surface area (Å²) in [6, 6.07) is 8.82. The van der Waals surface area contributed by atoms with Crippen molar-refractivity contribution in [2.45, 2.75) is 11.8 Å². The third-order valence-electron chi connectivity index (χ3n) is 3.25. The fourth-order valence-electron chi connectivity index (χ4n) is 2.09. The van der Waals surface area contributed by atoms with Gasteiger partial charge in [0.15, 0.2) is 0 Å². The molecule has 2 aromatic rings. The lowest BCUT2D eigenvalue weighted by molar-refractivity contribution is 0.397. The SMILES string of the molecule is COc1cc(C(Br)c2ccc(F)c(C)c2)c(OC)cc1Br. The smallest absolute Gasteiger partial charge is 0.133 e. The molecule has 1 atom stereocenters. The van der Waals surface area contributed by atoms with Gasteiger partial charge in [0.1, 0.15) is 17.3 Å². The maximum atomic E-state index is 13.4. The molecular formula is C16H15Br2FO2. The van der Waals surface area contributed by atoms with Gasteiger partial charge in [-0.1, -0.05) is 28.1 Å². The predicted molar refractivity (Wildman–Crippen MR) is 89.2 cm³/mol. The number of benzene rings is 2. The second-order valence-electron chi connectivity index (χ2n) is 4.60. The van der Waals surface area contributed by atoms with Gasteiger partial charge in [0.05, 0.1) is 23.5 Å². The van der Waals surface area contributed by atoms with Crippen molar-refractivity contribution in [2.24, 2.45) is 0 Å². The third kappa shape index (κ3) is 3.40. The Labute approximate surface area is 140 Å². The van der Waals surface area contributed by atoms with Gasteiger partial charge in [0, 0.05) is 5.56 Å². The molecule has 2 aromatic carbocycles. The minimum atomic E-state index is -0.209. The van der Waals surface area contributed by atoms with E-state index < -0.39 is 0 Å². The predicted octanol–water partition coefficient (Wildman–Crippen LogP) is 5.40. The number of hydrogen-bond donors (Lipinski definition) is 0. The molecule has 0 heterocycles. The van der Waals surface area contributed by atoms with E-state index in [1.807, 2.05) is 18.2 Å². The molecule has 0 aromatic heterocycles. The van der Waals surface area contributed by atoms with Crippen LogP contribution in [0.5, 0.6) is 11.5 Å². The van der Waals surface area contributed by atoms with Crippen LogP contribution in [0.4, 0.5) is 4.39 Å². The van der Waals surface area contributed by atoms with Gasteiger partial charge in [-0.05, 0) is 52.2 Å². The quantitative estimate of drug-likeness (QED) is 0.620. The summed E-state index contributed by atoms with van der Waals surface area (Å²) in [5, 5.41) is 0. The summed E-state index contributed by atoms with van der Waals surface area (Å²) in [5.41, 5.74) is 2.49. The van der Waals surface area contributed by atoms with E-state index in [0.717, 1.165) is 21.3 Å². The largest absolute Gasteiger partial charge is 0.496 e. The second kappa shape index (κ2) is 6.79. The summed E-state index contributed by atoms with van der Waals surface area (Å²) in [5.74, 6) is 1.24. The van der Waals surface area contributed by atoms with E-state index in [4.69, 9.17) is 9.47 Å². The van der Waals surface area contributed by atoms with Crippen LogP contribution in [0.25, 0.3) is 0 Å². The molecule has 2 rings (SSSR count). The normalized spacial score (nSPS) is 12.1. The minimum absolute atomic E-state index is 0.117. The van der Waals surface area contributed by atoms with Gasteiger partial charge in [0.25, 0.3) is 0 Å². The van der Waals surface area contributed by atoms with Gasteiger partial charge in [-0.2, -0.15) is 0 Å². The topological polar surface area (TPSA) is 18.5 Å². The monoisotopic (exact) mass is 416 g/mol. The van der Waals surface area contributed by atoms with E-state index in [9.17, 15) is 4.39 Å². The van der Waals surface area contributed by atoms with Crippen LogP contribution < -0.4 is 9.47 Å². The standard InChI is InChI=1S/C16H15Br2FO2/c1-9-6-10(4-5-13(9)19)16(18)11-7-15(21-3)12(17)8-14(11)20-2/h4-8,16H,1-3H3. The molecule has 1 unspecified atom stereocenters. The Hall–Kier alpha value is -1.07. The van der Waals surface area contributed by atoms with E-state index in [0.29, 0.717) is 11.3 Å². The first-order chi connectivity index (χ1) is 9.97. The van der Waals surface area contributed by atoms with Crippen molar-refractivity contribution in [3.63, 3.8) is 0 Å². The molecule has 112 valence electrons. The van der Waals surface area contributed by atoms with Crippen molar-refractivity contribution >= 4 is 31.9 Å². The molecule has 0 amide bonds. The first-order valence-electron chi connectivity index (χ1n) is 6.29. The number of methoxy groups -OCH3 is 2. The van der Waals surface area contributed by atoms with Crippen LogP contribution >= 0.6 is 31.9 Å². The molecule has 0 aliphatic heterocycles. The van der Waals surface area contributed by atoms with Gasteiger partial charge >= 0.3 is 0 Å². The maximum absolute atomic E-state index is 13.4. The van der Waals surface area contributed by atoms with Crippen molar-refractivity contribution in [1.29, 1.82) is 0 Å². The molecule has 0 radical (unpaired) electrons. The Morgan fingerprint density at radius 1 is 1.05 bits per heavy atom. The maximum Gasteiger partial charge on any atom is 0.133 e. The molecule has 2 nitrogen and oxygen atoms in total. The summed E-state index contributed by atoms with van der Waals surface area (Å²) >= 11 is 7.10. The number of rotatable bonds is 4. The Balaban J connectivity index is 2.50. The average Bonchev–Trinajstić information content (AvgIpc) is 2.49. The van der Waals surface area contributed by atoms with Crippen molar-refractivity contribution < 1.29 is 13.9 Å². The van der Waals surface area contributed by atoms with Gasteiger partial charge < -0.3 is 9.47 Å². The van der Waals surface area contributed by atoms with Crippen LogP contribution in [0.1, 0.15) is 21.5 Å². The molecular weight excluding hydrogens is 403 g/mol. The van der Waals surface area contributed by atoms with Crippen LogP contribution in [0.2, 0.25) is 0 Å².